The van der Waals surface area contributed by atoms with Gasteiger partial charge in [0.2, 0.25) is 5.91 Å². The number of likely N-dealkylation sites (tertiary alicyclic amines) is 1. The van der Waals surface area contributed by atoms with Gasteiger partial charge >= 0.3 is 0 Å². The predicted molar refractivity (Wildman–Crippen MR) is 84.9 cm³/mol. The average Bonchev–Trinajstić information content (AvgIpc) is 2.77. The van der Waals surface area contributed by atoms with Crippen molar-refractivity contribution < 1.29 is 4.79 Å². The Bertz CT molecular complexity index is 320. The molecule has 0 saturated carbocycles. The van der Waals surface area contributed by atoms with Gasteiger partial charge < -0.3 is 10.6 Å². The van der Waals surface area contributed by atoms with E-state index in [1.165, 1.54) is 25.9 Å². The van der Waals surface area contributed by atoms with Crippen LogP contribution in [0.25, 0.3) is 0 Å². The van der Waals surface area contributed by atoms with Gasteiger partial charge in [0.15, 0.2) is 0 Å². The Hall–Kier alpha value is -0.610. The van der Waals surface area contributed by atoms with E-state index in [0.717, 1.165) is 13.0 Å². The van der Waals surface area contributed by atoms with E-state index in [1.807, 2.05) is 0 Å². The Morgan fingerprint density at radius 1 is 1.20 bits per heavy atom. The number of rotatable bonds is 7. The van der Waals surface area contributed by atoms with E-state index in [9.17, 15) is 4.79 Å². The van der Waals surface area contributed by atoms with Gasteiger partial charge in [-0.25, -0.2) is 0 Å². The monoisotopic (exact) mass is 283 g/mol. The second-order valence-electron chi connectivity index (χ2n) is 7.56. The van der Waals surface area contributed by atoms with Crippen LogP contribution in [0, 0.1) is 0 Å². The van der Waals surface area contributed by atoms with Crippen LogP contribution in [0.4, 0.5) is 0 Å². The topological polar surface area (TPSA) is 44.4 Å². The van der Waals surface area contributed by atoms with E-state index in [-0.39, 0.29) is 17.0 Å². The van der Waals surface area contributed by atoms with Gasteiger partial charge in [0.1, 0.15) is 0 Å². The standard InChI is InChI=1S/C16H33N3O/c1-13(11-15(3,4)18-14(2)20)17-12-16(5,6)19-9-7-8-10-19/h13,17H,7-12H2,1-6H3,(H,18,20)/t13-/m0/s1. The van der Waals surface area contributed by atoms with Crippen molar-refractivity contribution in [2.24, 2.45) is 0 Å². The summed E-state index contributed by atoms with van der Waals surface area (Å²) in [5.74, 6) is 0.0413. The zero-order valence-electron chi connectivity index (χ0n) is 14.2. The highest BCUT2D eigenvalue weighted by Crippen LogP contribution is 2.20. The van der Waals surface area contributed by atoms with Gasteiger partial charge in [-0.1, -0.05) is 0 Å². The van der Waals surface area contributed by atoms with Crippen molar-refractivity contribution in [3.05, 3.63) is 0 Å². The van der Waals surface area contributed by atoms with Crippen molar-refractivity contribution >= 4 is 5.91 Å². The molecule has 4 nitrogen and oxygen atoms in total. The Kier molecular flexibility index (Phi) is 6.02. The first-order valence-electron chi connectivity index (χ1n) is 7.90. The average molecular weight is 283 g/mol. The number of carbonyl (C=O) groups excluding carboxylic acids is 1. The number of nitrogens with one attached hydrogen (secondary N) is 2. The largest absolute Gasteiger partial charge is 0.351 e. The summed E-state index contributed by atoms with van der Waals surface area (Å²) in [6.07, 6.45) is 3.59. The van der Waals surface area contributed by atoms with E-state index in [2.05, 4.69) is 50.2 Å². The highest BCUT2D eigenvalue weighted by atomic mass is 16.1. The first kappa shape index (κ1) is 17.4. The number of nitrogens with zero attached hydrogens (tertiary/aromatic N) is 1. The molecule has 0 unspecified atom stereocenters. The lowest BCUT2D eigenvalue weighted by molar-refractivity contribution is -0.120. The molecule has 0 aromatic carbocycles. The quantitative estimate of drug-likeness (QED) is 0.752. The van der Waals surface area contributed by atoms with Crippen molar-refractivity contribution in [3.63, 3.8) is 0 Å². The third-order valence-electron chi connectivity index (χ3n) is 4.18. The van der Waals surface area contributed by atoms with Crippen LogP contribution >= 0.6 is 0 Å². The molecule has 0 spiro atoms. The summed E-state index contributed by atoms with van der Waals surface area (Å²) in [7, 11) is 0. The molecule has 1 saturated heterocycles. The second-order valence-corrected chi connectivity index (χ2v) is 7.56. The Morgan fingerprint density at radius 3 is 2.25 bits per heavy atom. The molecular formula is C16H33N3O. The maximum Gasteiger partial charge on any atom is 0.217 e. The van der Waals surface area contributed by atoms with Crippen molar-refractivity contribution in [1.29, 1.82) is 0 Å². The van der Waals surface area contributed by atoms with Crippen molar-refractivity contribution in [2.45, 2.75) is 77.9 Å². The van der Waals surface area contributed by atoms with Crippen LogP contribution in [-0.2, 0) is 4.79 Å². The minimum absolute atomic E-state index is 0.0413. The second kappa shape index (κ2) is 6.90. The fourth-order valence-corrected chi connectivity index (χ4v) is 3.22. The first-order chi connectivity index (χ1) is 9.12. The van der Waals surface area contributed by atoms with Crippen LogP contribution in [0.2, 0.25) is 0 Å². The molecular weight excluding hydrogens is 250 g/mol. The normalized spacial score (nSPS) is 19.1. The highest BCUT2D eigenvalue weighted by molar-refractivity contribution is 5.73. The van der Waals surface area contributed by atoms with Gasteiger partial charge in [-0.2, -0.15) is 0 Å². The Morgan fingerprint density at radius 2 is 1.75 bits per heavy atom. The summed E-state index contributed by atoms with van der Waals surface area (Å²) in [6, 6.07) is 0.388. The van der Waals surface area contributed by atoms with E-state index < -0.39 is 0 Å². The summed E-state index contributed by atoms with van der Waals surface area (Å²) in [6.45, 7) is 16.0. The third kappa shape index (κ3) is 5.80. The van der Waals surface area contributed by atoms with Crippen LogP contribution in [-0.4, -0.2) is 47.6 Å². The molecule has 0 aromatic rings. The molecule has 0 aliphatic carbocycles. The summed E-state index contributed by atoms with van der Waals surface area (Å²) in [4.78, 5) is 13.8. The van der Waals surface area contributed by atoms with E-state index in [4.69, 9.17) is 0 Å². The van der Waals surface area contributed by atoms with Crippen LogP contribution in [0.3, 0.4) is 0 Å². The number of carbonyl (C=O) groups is 1. The highest BCUT2D eigenvalue weighted by Gasteiger charge is 2.30. The first-order valence-corrected chi connectivity index (χ1v) is 7.90. The summed E-state index contributed by atoms with van der Waals surface area (Å²) < 4.78 is 0. The lowest BCUT2D eigenvalue weighted by Crippen LogP contribution is -2.53. The third-order valence-corrected chi connectivity index (χ3v) is 4.18. The van der Waals surface area contributed by atoms with E-state index >= 15 is 0 Å². The Balaban J connectivity index is 2.38. The van der Waals surface area contributed by atoms with Gasteiger partial charge in [-0.05, 0) is 67.0 Å². The molecule has 4 heteroatoms. The van der Waals surface area contributed by atoms with Crippen LogP contribution in [0.5, 0.6) is 0 Å². The summed E-state index contributed by atoms with van der Waals surface area (Å²) in [5.41, 5.74) is 0.0545. The van der Waals surface area contributed by atoms with Crippen LogP contribution in [0.15, 0.2) is 0 Å². The fraction of sp³-hybridized carbons (Fsp3) is 0.938. The predicted octanol–water partition coefficient (Wildman–Crippen LogP) is 2.14. The summed E-state index contributed by atoms with van der Waals surface area (Å²) >= 11 is 0. The smallest absolute Gasteiger partial charge is 0.217 e. The molecule has 1 fully saturated rings. The molecule has 0 aromatic heterocycles. The van der Waals surface area contributed by atoms with Gasteiger partial charge in [-0.15, -0.1) is 0 Å². The molecule has 0 bridgehead atoms. The SMILES string of the molecule is CC(=O)NC(C)(C)C[C@H](C)NCC(C)(C)N1CCCC1. The minimum Gasteiger partial charge on any atom is -0.351 e. The van der Waals surface area contributed by atoms with Crippen LogP contribution in [0.1, 0.15) is 60.8 Å². The molecule has 1 amide bonds. The molecule has 20 heavy (non-hydrogen) atoms. The van der Waals surface area contributed by atoms with Crippen molar-refractivity contribution in [2.75, 3.05) is 19.6 Å². The van der Waals surface area contributed by atoms with Gasteiger partial charge in [0.25, 0.3) is 0 Å². The molecule has 1 aliphatic rings. The molecule has 1 heterocycles. The number of hydrogen-bond donors (Lipinski definition) is 2. The number of hydrogen-bond acceptors (Lipinski definition) is 3. The fourth-order valence-electron chi connectivity index (χ4n) is 3.22. The van der Waals surface area contributed by atoms with Crippen LogP contribution < -0.4 is 10.6 Å². The zero-order chi connectivity index (χ0) is 15.4. The van der Waals surface area contributed by atoms with E-state index in [1.54, 1.807) is 6.92 Å². The van der Waals surface area contributed by atoms with Gasteiger partial charge in [0, 0.05) is 30.6 Å². The minimum atomic E-state index is -0.157. The van der Waals surface area contributed by atoms with Gasteiger partial charge in [0.05, 0.1) is 0 Å². The molecule has 1 atom stereocenters. The molecule has 2 N–H and O–H groups in total. The maximum atomic E-state index is 11.2. The zero-order valence-corrected chi connectivity index (χ0v) is 14.2. The summed E-state index contributed by atoms with van der Waals surface area (Å²) in [5, 5.41) is 6.65. The molecule has 1 aliphatic heterocycles. The van der Waals surface area contributed by atoms with E-state index in [0.29, 0.717) is 6.04 Å². The maximum absolute atomic E-state index is 11.2. The lowest BCUT2D eigenvalue weighted by Gasteiger charge is -2.37. The molecule has 0 radical (unpaired) electrons. The van der Waals surface area contributed by atoms with Crippen molar-refractivity contribution in [1.82, 2.24) is 15.5 Å². The number of amides is 1. The Labute approximate surface area is 124 Å². The molecule has 1 rings (SSSR count). The van der Waals surface area contributed by atoms with Crippen molar-refractivity contribution in [3.8, 4) is 0 Å². The van der Waals surface area contributed by atoms with Gasteiger partial charge in [-0.3, -0.25) is 9.69 Å². The lowest BCUT2D eigenvalue weighted by atomic mass is 9.95. The molecule has 118 valence electrons.